The van der Waals surface area contributed by atoms with Crippen molar-refractivity contribution in [1.29, 1.82) is 0 Å². The average Bonchev–Trinajstić information content (AvgIpc) is 2.67. The van der Waals surface area contributed by atoms with Crippen LogP contribution in [0, 0.1) is 6.92 Å². The lowest BCUT2D eigenvalue weighted by Crippen LogP contribution is -2.22. The summed E-state index contributed by atoms with van der Waals surface area (Å²) in [5.74, 6) is -0.231. The molecule has 0 aliphatic rings. The maximum atomic E-state index is 12.1. The quantitative estimate of drug-likeness (QED) is 0.359. The summed E-state index contributed by atoms with van der Waals surface area (Å²) in [6.45, 7) is 3.50. The third-order valence-electron chi connectivity index (χ3n) is 4.29. The summed E-state index contributed by atoms with van der Waals surface area (Å²) in [5.41, 5.74) is 4.56. The Bertz CT molecular complexity index is 976. The number of halogens is 2. The van der Waals surface area contributed by atoms with Gasteiger partial charge in [0.15, 0.2) is 0 Å². The second-order valence-corrected chi connectivity index (χ2v) is 7.35. The van der Waals surface area contributed by atoms with Gasteiger partial charge in [0.2, 0.25) is 5.91 Å². The minimum atomic E-state index is -0.231. The predicted molar refractivity (Wildman–Crippen MR) is 118 cm³/mol. The zero-order valence-electron chi connectivity index (χ0n) is 15.7. The first-order chi connectivity index (χ1) is 13.4. The molecular weight excluding hydrogens is 391 g/mol. The molecule has 5 heteroatoms. The third-order valence-corrected chi connectivity index (χ3v) is 4.97. The van der Waals surface area contributed by atoms with Crippen LogP contribution in [0.4, 0.5) is 5.69 Å². The van der Waals surface area contributed by atoms with Crippen molar-refractivity contribution in [2.45, 2.75) is 20.3 Å². The maximum Gasteiger partial charge on any atom is 0.244 e. The van der Waals surface area contributed by atoms with Gasteiger partial charge in [0.1, 0.15) is 0 Å². The number of anilines is 1. The van der Waals surface area contributed by atoms with E-state index >= 15 is 0 Å². The molecule has 3 rings (SSSR count). The van der Waals surface area contributed by atoms with Gasteiger partial charge in [-0.25, -0.2) is 5.01 Å². The number of aryl methyl sites for hydroxylation is 1. The number of hydrogen-bond donors (Lipinski definition) is 0. The van der Waals surface area contributed by atoms with E-state index in [9.17, 15) is 4.79 Å². The molecule has 3 nitrogen and oxygen atoms in total. The Morgan fingerprint density at radius 1 is 1.00 bits per heavy atom. The summed E-state index contributed by atoms with van der Waals surface area (Å²) in [7, 11) is 0. The molecule has 0 bridgehead atoms. The smallest absolute Gasteiger partial charge is 0.244 e. The van der Waals surface area contributed by atoms with Crippen LogP contribution in [0.3, 0.4) is 0 Å². The molecule has 0 saturated carbocycles. The maximum absolute atomic E-state index is 12.1. The summed E-state index contributed by atoms with van der Waals surface area (Å²) in [6, 6.07) is 21.2. The number of rotatable bonds is 5. The number of benzene rings is 3. The summed E-state index contributed by atoms with van der Waals surface area (Å²) < 4.78 is 0. The van der Waals surface area contributed by atoms with Crippen LogP contribution in [0.5, 0.6) is 0 Å². The molecule has 0 saturated heterocycles. The summed E-state index contributed by atoms with van der Waals surface area (Å²) >= 11 is 13.0. The minimum Gasteiger partial charge on any atom is -0.273 e. The molecule has 0 unspecified atom stereocenters. The van der Waals surface area contributed by atoms with E-state index in [-0.39, 0.29) is 5.91 Å². The normalized spacial score (nSPS) is 11.0. The first-order valence-electron chi connectivity index (χ1n) is 8.87. The van der Waals surface area contributed by atoms with E-state index in [2.05, 4.69) is 29.4 Å². The molecule has 0 radical (unpaired) electrons. The van der Waals surface area contributed by atoms with Crippen LogP contribution in [0.1, 0.15) is 29.2 Å². The lowest BCUT2D eigenvalue weighted by molar-refractivity contribution is -0.116. The molecular formula is C23H20Cl2N2O. The Hall–Kier alpha value is -2.62. The van der Waals surface area contributed by atoms with Gasteiger partial charge >= 0.3 is 0 Å². The first kappa shape index (κ1) is 20.1. The molecule has 28 heavy (non-hydrogen) atoms. The van der Waals surface area contributed by atoms with E-state index in [1.165, 1.54) is 17.5 Å². The number of hydrogen-bond acceptors (Lipinski definition) is 2. The van der Waals surface area contributed by atoms with Crippen LogP contribution in [-0.4, -0.2) is 12.1 Å². The van der Waals surface area contributed by atoms with Crippen molar-refractivity contribution >= 4 is 41.0 Å². The molecule has 3 aromatic rings. The predicted octanol–water partition coefficient (Wildman–Crippen LogP) is 6.28. The topological polar surface area (TPSA) is 32.7 Å². The fraction of sp³-hybridized carbons (Fsp3) is 0.130. The molecule has 0 N–H and O–H groups in total. The summed E-state index contributed by atoms with van der Waals surface area (Å²) in [6.07, 6.45) is 2.25. The van der Waals surface area contributed by atoms with Crippen molar-refractivity contribution in [3.63, 3.8) is 0 Å². The van der Waals surface area contributed by atoms with Crippen molar-refractivity contribution in [3.05, 3.63) is 99.0 Å². The lowest BCUT2D eigenvalue weighted by Gasteiger charge is -2.17. The van der Waals surface area contributed by atoms with Crippen LogP contribution >= 0.6 is 23.2 Å². The van der Waals surface area contributed by atoms with Gasteiger partial charge in [0.05, 0.1) is 11.9 Å². The molecule has 0 aliphatic carbocycles. The van der Waals surface area contributed by atoms with Gasteiger partial charge in [-0.1, -0.05) is 83.4 Å². The highest BCUT2D eigenvalue weighted by Crippen LogP contribution is 2.33. The van der Waals surface area contributed by atoms with Crippen LogP contribution < -0.4 is 5.01 Å². The van der Waals surface area contributed by atoms with Crippen molar-refractivity contribution in [2.75, 3.05) is 5.01 Å². The van der Waals surface area contributed by atoms with Gasteiger partial charge in [-0.3, -0.25) is 4.79 Å². The van der Waals surface area contributed by atoms with Gasteiger partial charge in [0.25, 0.3) is 0 Å². The largest absolute Gasteiger partial charge is 0.273 e. The average molecular weight is 411 g/mol. The van der Waals surface area contributed by atoms with Crippen LogP contribution in [0.2, 0.25) is 10.0 Å². The zero-order chi connectivity index (χ0) is 20.1. The highest BCUT2D eigenvalue weighted by Gasteiger charge is 2.16. The molecule has 1 amide bonds. The van der Waals surface area contributed by atoms with Crippen molar-refractivity contribution < 1.29 is 4.79 Å². The number of carbonyl (C=O) groups is 1. The number of carbonyl (C=O) groups excluding carboxylic acids is 1. The monoisotopic (exact) mass is 410 g/mol. The molecule has 0 atom stereocenters. The first-order valence-corrected chi connectivity index (χ1v) is 9.63. The van der Waals surface area contributed by atoms with Gasteiger partial charge in [-0.15, -0.1) is 0 Å². The van der Waals surface area contributed by atoms with Crippen molar-refractivity contribution in [2.24, 2.45) is 5.10 Å². The Morgan fingerprint density at radius 2 is 1.61 bits per heavy atom. The van der Waals surface area contributed by atoms with Crippen LogP contribution in [0.25, 0.3) is 0 Å². The second kappa shape index (κ2) is 9.05. The Labute approximate surface area is 175 Å². The second-order valence-electron chi connectivity index (χ2n) is 6.54. The lowest BCUT2D eigenvalue weighted by atomic mass is 10.0. The van der Waals surface area contributed by atoms with Gasteiger partial charge in [-0.2, -0.15) is 5.10 Å². The van der Waals surface area contributed by atoms with Crippen molar-refractivity contribution in [3.8, 4) is 0 Å². The third kappa shape index (κ3) is 5.00. The fourth-order valence-electron chi connectivity index (χ4n) is 2.78. The fourth-order valence-corrected chi connectivity index (χ4v) is 3.39. The highest BCUT2D eigenvalue weighted by molar-refractivity contribution is 6.36. The summed E-state index contributed by atoms with van der Waals surface area (Å²) in [5, 5.41) is 6.61. The van der Waals surface area contributed by atoms with Gasteiger partial charge in [-0.05, 0) is 35.7 Å². The van der Waals surface area contributed by atoms with Crippen molar-refractivity contribution in [1.82, 2.24) is 0 Å². The van der Waals surface area contributed by atoms with E-state index in [0.29, 0.717) is 22.2 Å². The Kier molecular flexibility index (Phi) is 6.50. The van der Waals surface area contributed by atoms with E-state index < -0.39 is 0 Å². The molecule has 0 aromatic heterocycles. The van der Waals surface area contributed by atoms with Gasteiger partial charge in [0, 0.05) is 23.4 Å². The van der Waals surface area contributed by atoms with E-state index in [0.717, 1.165) is 16.7 Å². The van der Waals surface area contributed by atoms with Gasteiger partial charge < -0.3 is 0 Å². The number of nitrogens with zero attached hydrogens (tertiary/aromatic N) is 2. The molecule has 0 fully saturated rings. The SMILES string of the molecule is CC(=O)N(/N=C\c1ccccc1)c1cc(Cl)c(Cc2ccc(C)cc2)c(Cl)c1. The molecule has 0 spiro atoms. The van der Waals surface area contributed by atoms with E-state index in [1.807, 2.05) is 37.3 Å². The minimum absolute atomic E-state index is 0.231. The van der Waals surface area contributed by atoms with Crippen LogP contribution in [-0.2, 0) is 11.2 Å². The summed E-state index contributed by atoms with van der Waals surface area (Å²) in [4.78, 5) is 12.1. The van der Waals surface area contributed by atoms with E-state index in [1.54, 1.807) is 18.3 Å². The van der Waals surface area contributed by atoms with Crippen LogP contribution in [0.15, 0.2) is 71.8 Å². The number of hydrazone groups is 1. The molecule has 0 heterocycles. The molecule has 0 aliphatic heterocycles. The molecule has 142 valence electrons. The standard InChI is InChI=1S/C23H20Cl2N2O/c1-16-8-10-18(11-9-16)12-21-22(24)13-20(14-23(21)25)27(17(2)28)26-15-19-6-4-3-5-7-19/h3-11,13-15H,12H2,1-2H3/b26-15-. The number of amides is 1. The highest BCUT2D eigenvalue weighted by atomic mass is 35.5. The Balaban J connectivity index is 1.89. The van der Waals surface area contributed by atoms with E-state index in [4.69, 9.17) is 23.2 Å². The molecule has 3 aromatic carbocycles. The Morgan fingerprint density at radius 3 is 2.18 bits per heavy atom. The zero-order valence-corrected chi connectivity index (χ0v) is 17.2.